The van der Waals surface area contributed by atoms with Gasteiger partial charge in [-0.2, -0.15) is 0 Å². The van der Waals surface area contributed by atoms with Gasteiger partial charge in [0.05, 0.1) is 30.6 Å². The van der Waals surface area contributed by atoms with Gasteiger partial charge in [0.25, 0.3) is 0 Å². The van der Waals surface area contributed by atoms with Crippen LogP contribution in [-0.2, 0) is 6.54 Å². The Morgan fingerprint density at radius 3 is 2.84 bits per heavy atom. The number of carbonyl (C=O) groups excluding carboxylic acids is 1. The maximum Gasteiger partial charge on any atom is 0.322 e. The van der Waals surface area contributed by atoms with E-state index >= 15 is 0 Å². The summed E-state index contributed by atoms with van der Waals surface area (Å²) in [6.45, 7) is 0.973. The molecule has 1 aliphatic rings. The number of nitrogens with zero attached hydrogens (tertiary/aromatic N) is 3. The summed E-state index contributed by atoms with van der Waals surface area (Å²) in [5, 5.41) is 13.2. The predicted molar refractivity (Wildman–Crippen MR) is 99.0 cm³/mol. The molecule has 7 heteroatoms. The molecule has 2 heterocycles. The summed E-state index contributed by atoms with van der Waals surface area (Å²) >= 11 is 5.88. The summed E-state index contributed by atoms with van der Waals surface area (Å²) in [5.41, 5.74) is 2.44. The molecule has 6 nitrogen and oxygen atoms in total. The number of likely N-dealkylation sites (N-methyl/N-ethyl adjacent to an activating group) is 1. The third-order valence-electron chi connectivity index (χ3n) is 4.46. The molecule has 1 aromatic carbocycles. The van der Waals surface area contributed by atoms with Gasteiger partial charge in [0.1, 0.15) is 0 Å². The third kappa shape index (κ3) is 4.03. The van der Waals surface area contributed by atoms with Crippen molar-refractivity contribution in [1.82, 2.24) is 9.88 Å². The van der Waals surface area contributed by atoms with Gasteiger partial charge >= 0.3 is 6.03 Å². The summed E-state index contributed by atoms with van der Waals surface area (Å²) in [4.78, 5) is 20.9. The van der Waals surface area contributed by atoms with Crippen LogP contribution < -0.4 is 10.2 Å². The molecule has 1 aliphatic heterocycles. The van der Waals surface area contributed by atoms with E-state index in [0.717, 1.165) is 11.4 Å². The fourth-order valence-electron chi connectivity index (χ4n) is 2.95. The molecule has 0 saturated carbocycles. The van der Waals surface area contributed by atoms with Gasteiger partial charge < -0.3 is 20.2 Å². The molecule has 0 saturated heterocycles. The van der Waals surface area contributed by atoms with E-state index in [-0.39, 0.29) is 18.7 Å². The van der Waals surface area contributed by atoms with E-state index in [0.29, 0.717) is 30.2 Å². The molecule has 2 aromatic rings. The number of nitrogens with one attached hydrogen (secondary N) is 1. The summed E-state index contributed by atoms with van der Waals surface area (Å²) in [7, 11) is 1.95. The summed E-state index contributed by atoms with van der Waals surface area (Å²) in [5.74, 6) is 0. The lowest BCUT2D eigenvalue weighted by molar-refractivity contribution is 0.195. The maximum atomic E-state index is 12.7. The summed E-state index contributed by atoms with van der Waals surface area (Å²) < 4.78 is 0. The topological polar surface area (TPSA) is 68.7 Å². The number of pyridine rings is 1. The SMILES string of the molecule is CN1c2cccnc2CN(C(=O)Nc2ccc(Cl)cc2)CC[C@H]1CO. The zero-order valence-electron chi connectivity index (χ0n) is 14.0. The molecule has 0 fully saturated rings. The third-order valence-corrected chi connectivity index (χ3v) is 4.71. The minimum atomic E-state index is -0.194. The van der Waals surface area contributed by atoms with Crippen molar-refractivity contribution in [2.24, 2.45) is 0 Å². The van der Waals surface area contributed by atoms with Gasteiger partial charge in [-0.05, 0) is 42.8 Å². The van der Waals surface area contributed by atoms with Crippen molar-refractivity contribution in [3.05, 3.63) is 53.3 Å². The smallest absolute Gasteiger partial charge is 0.322 e. The van der Waals surface area contributed by atoms with Crippen molar-refractivity contribution in [2.75, 3.05) is 30.4 Å². The molecule has 132 valence electrons. The number of aliphatic hydroxyl groups is 1. The monoisotopic (exact) mass is 360 g/mol. The Balaban J connectivity index is 1.81. The zero-order chi connectivity index (χ0) is 17.8. The Bertz CT molecular complexity index is 738. The van der Waals surface area contributed by atoms with Crippen molar-refractivity contribution in [3.63, 3.8) is 0 Å². The largest absolute Gasteiger partial charge is 0.394 e. The molecule has 0 bridgehead atoms. The fraction of sp³-hybridized carbons (Fsp3) is 0.333. The number of aliphatic hydroxyl groups excluding tert-OH is 1. The number of halogens is 1. The quantitative estimate of drug-likeness (QED) is 0.864. The number of amides is 2. The van der Waals surface area contributed by atoms with Crippen LogP contribution in [0.15, 0.2) is 42.6 Å². The van der Waals surface area contributed by atoms with Gasteiger partial charge in [0.2, 0.25) is 0 Å². The number of hydrogen-bond acceptors (Lipinski definition) is 4. The Morgan fingerprint density at radius 1 is 1.36 bits per heavy atom. The first-order chi connectivity index (χ1) is 12.1. The van der Waals surface area contributed by atoms with Gasteiger partial charge in [-0.1, -0.05) is 11.6 Å². The van der Waals surface area contributed by atoms with Crippen molar-refractivity contribution in [3.8, 4) is 0 Å². The van der Waals surface area contributed by atoms with Crippen LogP contribution in [0.4, 0.5) is 16.2 Å². The Morgan fingerprint density at radius 2 is 2.12 bits per heavy atom. The molecule has 0 aliphatic carbocycles. The van der Waals surface area contributed by atoms with Gasteiger partial charge in [0.15, 0.2) is 0 Å². The molecule has 2 amide bonds. The van der Waals surface area contributed by atoms with Crippen LogP contribution in [0.5, 0.6) is 0 Å². The van der Waals surface area contributed by atoms with E-state index in [1.165, 1.54) is 0 Å². The Labute approximate surface area is 152 Å². The van der Waals surface area contributed by atoms with Crippen molar-refractivity contribution in [1.29, 1.82) is 0 Å². The van der Waals surface area contributed by atoms with Gasteiger partial charge in [0, 0.05) is 30.5 Å². The first kappa shape index (κ1) is 17.5. The molecule has 1 aromatic heterocycles. The number of aromatic nitrogens is 1. The molecule has 0 spiro atoms. The highest BCUT2D eigenvalue weighted by atomic mass is 35.5. The number of fused-ring (bicyclic) bond motifs is 1. The van der Waals surface area contributed by atoms with E-state index in [2.05, 4.69) is 10.3 Å². The molecule has 25 heavy (non-hydrogen) atoms. The maximum absolute atomic E-state index is 12.7. The summed E-state index contributed by atoms with van der Waals surface area (Å²) in [6, 6.07) is 10.6. The van der Waals surface area contributed by atoms with Gasteiger partial charge in [-0.25, -0.2) is 4.79 Å². The average Bonchev–Trinajstić information content (AvgIpc) is 2.61. The normalized spacial score (nSPS) is 17.5. The highest BCUT2D eigenvalue weighted by Crippen LogP contribution is 2.25. The predicted octanol–water partition coefficient (Wildman–Crippen LogP) is 2.97. The Hall–Kier alpha value is -2.31. The molecule has 3 rings (SSSR count). The lowest BCUT2D eigenvalue weighted by Gasteiger charge is -2.35. The number of rotatable bonds is 2. The lowest BCUT2D eigenvalue weighted by atomic mass is 10.1. The molecular weight excluding hydrogens is 340 g/mol. The molecule has 0 radical (unpaired) electrons. The second-order valence-corrected chi connectivity index (χ2v) is 6.50. The van der Waals surface area contributed by atoms with Crippen molar-refractivity contribution in [2.45, 2.75) is 19.0 Å². The minimum Gasteiger partial charge on any atom is -0.394 e. The van der Waals surface area contributed by atoms with E-state index in [9.17, 15) is 9.90 Å². The standard InChI is InChI=1S/C18H21ClN4O2/c1-22-15(12-24)8-10-23(11-16-17(22)3-2-9-20-16)18(25)21-14-6-4-13(19)5-7-14/h2-7,9,15,24H,8,10-12H2,1H3,(H,21,25)/t15-/m0/s1. The first-order valence-corrected chi connectivity index (χ1v) is 8.55. The highest BCUT2D eigenvalue weighted by Gasteiger charge is 2.25. The molecule has 0 unspecified atom stereocenters. The Kier molecular flexibility index (Phi) is 5.40. The van der Waals surface area contributed by atoms with E-state index in [1.807, 2.05) is 24.1 Å². The van der Waals surface area contributed by atoms with Crippen LogP contribution in [0.2, 0.25) is 5.02 Å². The van der Waals surface area contributed by atoms with Crippen LogP contribution in [0.1, 0.15) is 12.1 Å². The van der Waals surface area contributed by atoms with Crippen LogP contribution in [0, 0.1) is 0 Å². The summed E-state index contributed by atoms with van der Waals surface area (Å²) in [6.07, 6.45) is 2.40. The average molecular weight is 361 g/mol. The number of benzene rings is 1. The van der Waals surface area contributed by atoms with Crippen LogP contribution in [0.25, 0.3) is 0 Å². The van der Waals surface area contributed by atoms with Crippen LogP contribution >= 0.6 is 11.6 Å². The van der Waals surface area contributed by atoms with E-state index < -0.39 is 0 Å². The second-order valence-electron chi connectivity index (χ2n) is 6.06. The van der Waals surface area contributed by atoms with Gasteiger partial charge in [-0.3, -0.25) is 4.98 Å². The molecule has 1 atom stereocenters. The molecule has 2 N–H and O–H groups in total. The van der Waals surface area contributed by atoms with Crippen LogP contribution in [0.3, 0.4) is 0 Å². The number of urea groups is 1. The van der Waals surface area contributed by atoms with Crippen LogP contribution in [-0.4, -0.2) is 47.3 Å². The molecular formula is C18H21ClN4O2. The zero-order valence-corrected chi connectivity index (χ0v) is 14.8. The second kappa shape index (κ2) is 7.72. The minimum absolute atomic E-state index is 0.0253. The van der Waals surface area contributed by atoms with E-state index in [1.54, 1.807) is 35.4 Å². The fourth-order valence-corrected chi connectivity index (χ4v) is 3.08. The number of hydrogen-bond donors (Lipinski definition) is 2. The van der Waals surface area contributed by atoms with Gasteiger partial charge in [-0.15, -0.1) is 0 Å². The van der Waals surface area contributed by atoms with Crippen molar-refractivity contribution >= 4 is 29.0 Å². The number of carbonyl (C=O) groups is 1. The highest BCUT2D eigenvalue weighted by molar-refractivity contribution is 6.30. The van der Waals surface area contributed by atoms with Crippen molar-refractivity contribution < 1.29 is 9.90 Å². The first-order valence-electron chi connectivity index (χ1n) is 8.17. The van der Waals surface area contributed by atoms with E-state index in [4.69, 9.17) is 11.6 Å². The number of anilines is 2. The lowest BCUT2D eigenvalue weighted by Crippen LogP contribution is -2.44.